The van der Waals surface area contributed by atoms with Crippen molar-refractivity contribution in [3.63, 3.8) is 0 Å². The normalized spacial score (nSPS) is 12.9. The Labute approximate surface area is 475 Å². The van der Waals surface area contributed by atoms with Gasteiger partial charge in [0.05, 0.1) is 6.42 Å². The van der Waals surface area contributed by atoms with Crippen molar-refractivity contribution in [2.75, 3.05) is 13.2 Å². The van der Waals surface area contributed by atoms with Crippen molar-refractivity contribution in [1.29, 1.82) is 0 Å². The number of hydrogen-bond donors (Lipinski definition) is 0. The van der Waals surface area contributed by atoms with Crippen LogP contribution in [0.15, 0.2) is 122 Å². The van der Waals surface area contributed by atoms with Crippen LogP contribution in [0.1, 0.15) is 290 Å². The summed E-state index contributed by atoms with van der Waals surface area (Å²) in [6, 6.07) is 0. The van der Waals surface area contributed by atoms with Crippen molar-refractivity contribution < 1.29 is 28.6 Å². The lowest BCUT2D eigenvalue weighted by Crippen LogP contribution is -2.30. The maximum Gasteiger partial charge on any atom is 0.309 e. The molecule has 77 heavy (non-hydrogen) atoms. The zero-order valence-electron chi connectivity index (χ0n) is 50.2. The van der Waals surface area contributed by atoms with Crippen LogP contribution in [0.2, 0.25) is 0 Å². The quantitative estimate of drug-likeness (QED) is 0.0261. The monoisotopic (exact) mass is 1070 g/mol. The molecular formula is C71H118O6. The summed E-state index contributed by atoms with van der Waals surface area (Å²) in [6.45, 7) is 6.33. The molecule has 1 atom stereocenters. The molecule has 0 aliphatic carbocycles. The van der Waals surface area contributed by atoms with Gasteiger partial charge in [-0.3, -0.25) is 14.4 Å². The molecule has 0 spiro atoms. The van der Waals surface area contributed by atoms with Gasteiger partial charge in [0.15, 0.2) is 6.10 Å². The largest absolute Gasteiger partial charge is 0.462 e. The molecule has 0 radical (unpaired) electrons. The molecule has 0 aromatic heterocycles. The summed E-state index contributed by atoms with van der Waals surface area (Å²) in [5, 5.41) is 0. The smallest absolute Gasteiger partial charge is 0.309 e. The first kappa shape index (κ1) is 72.8. The first-order valence-corrected chi connectivity index (χ1v) is 32.0. The van der Waals surface area contributed by atoms with Crippen molar-refractivity contribution in [3.8, 4) is 0 Å². The summed E-state index contributed by atoms with van der Waals surface area (Å²) < 4.78 is 16.8. The summed E-state index contributed by atoms with van der Waals surface area (Å²) in [5.41, 5.74) is 0. The van der Waals surface area contributed by atoms with Gasteiger partial charge in [-0.25, -0.2) is 0 Å². The lowest BCUT2D eigenvalue weighted by Gasteiger charge is -2.18. The summed E-state index contributed by atoms with van der Waals surface area (Å²) >= 11 is 0. The molecule has 0 aromatic carbocycles. The van der Waals surface area contributed by atoms with Gasteiger partial charge in [-0.2, -0.15) is 0 Å². The highest BCUT2D eigenvalue weighted by Crippen LogP contribution is 2.16. The molecule has 0 amide bonds. The number of esters is 3. The standard InChI is InChI=1S/C71H118O6/c1-4-7-10-13-16-19-22-25-28-30-31-32-33-34-35-36-37-38-39-41-43-46-49-52-55-58-61-64-70(73)76-67-68(66-75-69(72)63-60-57-54-51-48-45-42-27-24-21-18-15-12-9-6-3)77-71(74)65-62-59-56-53-50-47-44-40-29-26-23-20-17-14-11-8-5-2/h7,9-10,12,16,18-19,21,25-29,31-32,42,48,51,57,60,68H,4-6,8,11,13-15,17,20,22-24,30,33-41,43-47,49-50,52-56,58-59,61-67H2,1-3H3/b10-7-,12-9-,19-16-,21-18-,28-25-,29-26-,32-31-,42-27-,51-48-,60-57-. The van der Waals surface area contributed by atoms with Gasteiger partial charge in [0, 0.05) is 12.8 Å². The predicted octanol–water partition coefficient (Wildman–Crippen LogP) is 22.0. The van der Waals surface area contributed by atoms with E-state index in [9.17, 15) is 14.4 Å². The molecule has 0 heterocycles. The molecule has 0 aromatic rings. The molecule has 0 aliphatic rings. The Balaban J connectivity index is 4.37. The fourth-order valence-electron chi connectivity index (χ4n) is 8.74. The Morgan fingerprint density at radius 1 is 0.286 bits per heavy atom. The van der Waals surface area contributed by atoms with E-state index in [4.69, 9.17) is 14.2 Å². The summed E-state index contributed by atoms with van der Waals surface area (Å²) in [4.78, 5) is 38.2. The van der Waals surface area contributed by atoms with Gasteiger partial charge in [-0.1, -0.05) is 284 Å². The van der Waals surface area contributed by atoms with Gasteiger partial charge in [-0.15, -0.1) is 0 Å². The molecule has 6 heteroatoms. The maximum atomic E-state index is 12.9. The highest BCUT2D eigenvalue weighted by Gasteiger charge is 2.19. The van der Waals surface area contributed by atoms with E-state index in [2.05, 4.69) is 130 Å². The minimum Gasteiger partial charge on any atom is -0.462 e. The van der Waals surface area contributed by atoms with Crippen LogP contribution in [0.25, 0.3) is 0 Å². The molecule has 0 saturated heterocycles. The van der Waals surface area contributed by atoms with Crippen LogP contribution in [0.3, 0.4) is 0 Å². The van der Waals surface area contributed by atoms with Gasteiger partial charge in [-0.05, 0) is 109 Å². The zero-order valence-corrected chi connectivity index (χ0v) is 50.2. The highest BCUT2D eigenvalue weighted by atomic mass is 16.6. The number of carbonyl (C=O) groups is 3. The summed E-state index contributed by atoms with van der Waals surface area (Å²) in [7, 11) is 0. The molecule has 438 valence electrons. The van der Waals surface area contributed by atoms with Crippen molar-refractivity contribution in [3.05, 3.63) is 122 Å². The zero-order chi connectivity index (χ0) is 55.7. The minimum absolute atomic E-state index is 0.111. The van der Waals surface area contributed by atoms with E-state index in [1.807, 2.05) is 6.08 Å². The van der Waals surface area contributed by atoms with Crippen molar-refractivity contribution in [2.45, 2.75) is 297 Å². The third-order valence-corrected chi connectivity index (χ3v) is 13.5. The summed E-state index contributed by atoms with van der Waals surface area (Å²) in [6.07, 6.45) is 89.5. The Bertz CT molecular complexity index is 1600. The van der Waals surface area contributed by atoms with Gasteiger partial charge >= 0.3 is 17.9 Å². The van der Waals surface area contributed by atoms with Gasteiger partial charge in [0.2, 0.25) is 0 Å². The SMILES string of the molecule is CC/C=C\C/C=C\C/C=C\C/C=C\C/C=C\CC(=O)OCC(COC(=O)CCCCCCCCCCCCCCCC/C=C\C/C=C\C/C=C\C/C=C\CC)OC(=O)CCCCCCCCC/C=C\CCCCCCCC. The molecule has 0 saturated carbocycles. The molecule has 0 N–H and O–H groups in total. The van der Waals surface area contributed by atoms with Crippen LogP contribution in [-0.4, -0.2) is 37.2 Å². The maximum absolute atomic E-state index is 12.9. The molecule has 0 bridgehead atoms. The van der Waals surface area contributed by atoms with Crippen LogP contribution in [0, 0.1) is 0 Å². The number of allylic oxidation sites excluding steroid dienone is 19. The number of ether oxygens (including phenoxy) is 3. The van der Waals surface area contributed by atoms with Crippen molar-refractivity contribution in [2.24, 2.45) is 0 Å². The molecule has 0 rings (SSSR count). The van der Waals surface area contributed by atoms with Crippen LogP contribution in [0.4, 0.5) is 0 Å². The van der Waals surface area contributed by atoms with Crippen molar-refractivity contribution >= 4 is 17.9 Å². The third-order valence-electron chi connectivity index (χ3n) is 13.5. The van der Waals surface area contributed by atoms with E-state index in [0.29, 0.717) is 12.8 Å². The van der Waals surface area contributed by atoms with Crippen LogP contribution in [0.5, 0.6) is 0 Å². The number of unbranched alkanes of at least 4 members (excludes halogenated alkanes) is 27. The first-order chi connectivity index (χ1) is 38.0. The number of rotatable bonds is 57. The fourth-order valence-corrected chi connectivity index (χ4v) is 8.74. The first-order valence-electron chi connectivity index (χ1n) is 32.0. The molecule has 0 aliphatic heterocycles. The van der Waals surface area contributed by atoms with E-state index in [-0.39, 0.29) is 31.6 Å². The molecule has 1 unspecified atom stereocenters. The lowest BCUT2D eigenvalue weighted by molar-refractivity contribution is -0.166. The van der Waals surface area contributed by atoms with Gasteiger partial charge in [0.25, 0.3) is 0 Å². The van der Waals surface area contributed by atoms with E-state index in [1.165, 1.54) is 154 Å². The van der Waals surface area contributed by atoms with Crippen LogP contribution < -0.4 is 0 Å². The molecule has 0 fully saturated rings. The number of hydrogen-bond acceptors (Lipinski definition) is 6. The van der Waals surface area contributed by atoms with Gasteiger partial charge < -0.3 is 14.2 Å². The van der Waals surface area contributed by atoms with E-state index >= 15 is 0 Å². The average molecular weight is 1070 g/mol. The van der Waals surface area contributed by atoms with E-state index in [1.54, 1.807) is 6.08 Å². The summed E-state index contributed by atoms with van der Waals surface area (Å²) in [5.74, 6) is -1.04. The highest BCUT2D eigenvalue weighted by molar-refractivity contribution is 5.72. The Morgan fingerprint density at radius 2 is 0.558 bits per heavy atom. The third kappa shape index (κ3) is 62.5. The lowest BCUT2D eigenvalue weighted by atomic mass is 10.0. The van der Waals surface area contributed by atoms with E-state index < -0.39 is 12.1 Å². The topological polar surface area (TPSA) is 78.9 Å². The van der Waals surface area contributed by atoms with E-state index in [0.717, 1.165) is 96.3 Å². The van der Waals surface area contributed by atoms with Gasteiger partial charge in [0.1, 0.15) is 13.2 Å². The Kier molecular flexibility index (Phi) is 60.8. The number of carbonyl (C=O) groups excluding carboxylic acids is 3. The average Bonchev–Trinajstić information content (AvgIpc) is 3.43. The second-order valence-electron chi connectivity index (χ2n) is 20.9. The Hall–Kier alpha value is -4.19. The van der Waals surface area contributed by atoms with Crippen LogP contribution >= 0.6 is 0 Å². The second kappa shape index (κ2) is 64.3. The predicted molar refractivity (Wildman–Crippen MR) is 334 cm³/mol. The fraction of sp³-hybridized carbons (Fsp3) is 0.676. The second-order valence-corrected chi connectivity index (χ2v) is 20.9. The van der Waals surface area contributed by atoms with Crippen molar-refractivity contribution in [1.82, 2.24) is 0 Å². The molecule has 6 nitrogen and oxygen atoms in total. The molecular weight excluding hydrogens is 949 g/mol. The Morgan fingerprint density at radius 3 is 0.922 bits per heavy atom. The minimum atomic E-state index is -0.823. The van der Waals surface area contributed by atoms with Crippen LogP contribution in [-0.2, 0) is 28.6 Å².